The summed E-state index contributed by atoms with van der Waals surface area (Å²) in [5.41, 5.74) is 1.90. The summed E-state index contributed by atoms with van der Waals surface area (Å²) in [7, 11) is 0. The van der Waals surface area contributed by atoms with Gasteiger partial charge in [0.15, 0.2) is 0 Å². The fourth-order valence-corrected chi connectivity index (χ4v) is 2.35. The first-order valence-electron chi connectivity index (χ1n) is 6.56. The van der Waals surface area contributed by atoms with E-state index in [0.29, 0.717) is 12.6 Å². The third-order valence-electron chi connectivity index (χ3n) is 3.52. The minimum atomic E-state index is -0.802. The molecule has 1 unspecified atom stereocenters. The van der Waals surface area contributed by atoms with Gasteiger partial charge in [-0.3, -0.25) is 4.79 Å². The molecule has 0 spiro atoms. The van der Waals surface area contributed by atoms with E-state index in [1.54, 1.807) is 0 Å². The second kappa shape index (κ2) is 4.66. The number of aromatic nitrogens is 2. The third-order valence-corrected chi connectivity index (χ3v) is 3.52. The summed E-state index contributed by atoms with van der Waals surface area (Å²) >= 11 is 0. The zero-order chi connectivity index (χ0) is 13.4. The monoisotopic (exact) mass is 259 g/mol. The summed E-state index contributed by atoms with van der Waals surface area (Å²) in [5.74, 6) is 0.0501. The lowest BCUT2D eigenvalue weighted by molar-refractivity contribution is -0.139. The lowest BCUT2D eigenvalue weighted by atomic mass is 10.2. The van der Waals surface area contributed by atoms with Crippen molar-refractivity contribution in [3.05, 3.63) is 30.1 Å². The van der Waals surface area contributed by atoms with Crippen LogP contribution in [0.5, 0.6) is 0 Å². The maximum absolute atomic E-state index is 11.3. The van der Waals surface area contributed by atoms with E-state index < -0.39 is 12.0 Å². The molecule has 0 saturated heterocycles. The summed E-state index contributed by atoms with van der Waals surface area (Å²) in [6.07, 6.45) is 2.15. The first-order valence-corrected chi connectivity index (χ1v) is 6.56. The highest BCUT2D eigenvalue weighted by Gasteiger charge is 2.29. The lowest BCUT2D eigenvalue weighted by Gasteiger charge is -2.16. The van der Waals surface area contributed by atoms with E-state index in [-0.39, 0.29) is 0 Å². The molecule has 1 heterocycles. The Kier molecular flexibility index (Phi) is 2.98. The fraction of sp³-hybridized carbons (Fsp3) is 0.429. The molecule has 0 amide bonds. The summed E-state index contributed by atoms with van der Waals surface area (Å²) in [4.78, 5) is 15.8. The molecule has 100 valence electrons. The first-order chi connectivity index (χ1) is 9.15. The minimum Gasteiger partial charge on any atom is -0.480 e. The molecule has 1 fully saturated rings. The Morgan fingerprint density at radius 2 is 2.26 bits per heavy atom. The number of aryl methyl sites for hydroxylation is 1. The van der Waals surface area contributed by atoms with Crippen LogP contribution in [0.3, 0.4) is 0 Å². The van der Waals surface area contributed by atoms with Crippen molar-refractivity contribution in [2.75, 3.05) is 0 Å². The van der Waals surface area contributed by atoms with Gasteiger partial charge in [-0.2, -0.15) is 0 Å². The van der Waals surface area contributed by atoms with Crippen LogP contribution in [0.15, 0.2) is 24.3 Å². The molecule has 1 aromatic carbocycles. The molecular weight excluding hydrogens is 242 g/mol. The number of benzene rings is 1. The van der Waals surface area contributed by atoms with Gasteiger partial charge in [-0.05, 0) is 31.9 Å². The Hall–Kier alpha value is -1.88. The number of carboxylic acid groups (broad SMARTS) is 1. The number of carbonyl (C=O) groups is 1. The van der Waals surface area contributed by atoms with Crippen molar-refractivity contribution in [3.8, 4) is 0 Å². The van der Waals surface area contributed by atoms with Gasteiger partial charge in [-0.1, -0.05) is 12.1 Å². The van der Waals surface area contributed by atoms with E-state index in [0.717, 1.165) is 29.7 Å². The Bertz CT molecular complexity index is 616. The van der Waals surface area contributed by atoms with Crippen LogP contribution in [0.1, 0.15) is 18.7 Å². The van der Waals surface area contributed by atoms with Gasteiger partial charge in [0, 0.05) is 6.04 Å². The zero-order valence-electron chi connectivity index (χ0n) is 10.8. The molecule has 0 bridgehead atoms. The van der Waals surface area contributed by atoms with E-state index in [1.165, 1.54) is 0 Å². The number of nitrogens with zero attached hydrogens (tertiary/aromatic N) is 2. The standard InChI is InChI=1S/C14H17N3O2/c1-9-15-11-4-2-3-5-13(11)17(9)8-12(14(18)19)16-10-6-7-10/h2-5,10,12,16H,6-8H2,1H3,(H,18,19). The van der Waals surface area contributed by atoms with Crippen molar-refractivity contribution < 1.29 is 9.90 Å². The van der Waals surface area contributed by atoms with Gasteiger partial charge in [-0.25, -0.2) is 4.98 Å². The number of aliphatic carboxylic acids is 1. The fourth-order valence-electron chi connectivity index (χ4n) is 2.35. The van der Waals surface area contributed by atoms with Gasteiger partial charge >= 0.3 is 5.97 Å². The molecule has 1 aromatic heterocycles. The van der Waals surface area contributed by atoms with E-state index in [9.17, 15) is 9.90 Å². The maximum atomic E-state index is 11.3. The average molecular weight is 259 g/mol. The SMILES string of the molecule is Cc1nc2ccccc2n1CC(NC1CC1)C(=O)O. The molecule has 19 heavy (non-hydrogen) atoms. The van der Waals surface area contributed by atoms with Gasteiger partial charge in [-0.15, -0.1) is 0 Å². The second-order valence-corrected chi connectivity index (χ2v) is 5.09. The van der Waals surface area contributed by atoms with Crippen molar-refractivity contribution in [2.45, 2.75) is 38.4 Å². The molecule has 5 heteroatoms. The van der Waals surface area contributed by atoms with E-state index >= 15 is 0 Å². The lowest BCUT2D eigenvalue weighted by Crippen LogP contribution is -2.41. The van der Waals surface area contributed by atoms with E-state index in [1.807, 2.05) is 35.8 Å². The van der Waals surface area contributed by atoms with Crippen LogP contribution in [0.25, 0.3) is 11.0 Å². The van der Waals surface area contributed by atoms with Crippen LogP contribution in [0.4, 0.5) is 0 Å². The average Bonchev–Trinajstić information content (AvgIpc) is 3.13. The van der Waals surface area contributed by atoms with Gasteiger partial charge in [0.05, 0.1) is 17.6 Å². The predicted octanol–water partition coefficient (Wildman–Crippen LogP) is 1.55. The van der Waals surface area contributed by atoms with Crippen LogP contribution >= 0.6 is 0 Å². The molecular formula is C14H17N3O2. The van der Waals surface area contributed by atoms with Crippen LogP contribution in [-0.2, 0) is 11.3 Å². The van der Waals surface area contributed by atoms with Crippen LogP contribution in [-0.4, -0.2) is 32.7 Å². The number of carboxylic acids is 1. The number of rotatable bonds is 5. The summed E-state index contributed by atoms with van der Waals surface area (Å²) in [6, 6.07) is 7.63. The topological polar surface area (TPSA) is 67.2 Å². The van der Waals surface area contributed by atoms with Crippen LogP contribution < -0.4 is 5.32 Å². The second-order valence-electron chi connectivity index (χ2n) is 5.09. The molecule has 3 rings (SSSR count). The Morgan fingerprint density at radius 1 is 1.53 bits per heavy atom. The molecule has 0 radical (unpaired) electrons. The molecule has 2 N–H and O–H groups in total. The molecule has 1 atom stereocenters. The van der Waals surface area contributed by atoms with Gasteiger partial charge in [0.1, 0.15) is 11.9 Å². The Morgan fingerprint density at radius 3 is 2.95 bits per heavy atom. The highest BCUT2D eigenvalue weighted by molar-refractivity contribution is 5.77. The zero-order valence-corrected chi connectivity index (χ0v) is 10.8. The van der Waals surface area contributed by atoms with Gasteiger partial charge in [0.25, 0.3) is 0 Å². The van der Waals surface area contributed by atoms with E-state index in [4.69, 9.17) is 0 Å². The molecule has 0 aliphatic heterocycles. The van der Waals surface area contributed by atoms with Crippen molar-refractivity contribution in [3.63, 3.8) is 0 Å². The molecule has 1 aliphatic rings. The normalized spacial score (nSPS) is 16.7. The molecule has 1 saturated carbocycles. The molecule has 2 aromatic rings. The van der Waals surface area contributed by atoms with Gasteiger partial charge in [0.2, 0.25) is 0 Å². The number of fused-ring (bicyclic) bond motifs is 1. The summed E-state index contributed by atoms with van der Waals surface area (Å²) in [6.45, 7) is 2.33. The maximum Gasteiger partial charge on any atom is 0.322 e. The predicted molar refractivity (Wildman–Crippen MR) is 72.1 cm³/mol. The number of nitrogens with one attached hydrogen (secondary N) is 1. The summed E-state index contributed by atoms with van der Waals surface area (Å²) < 4.78 is 1.98. The van der Waals surface area contributed by atoms with Crippen molar-refractivity contribution in [2.24, 2.45) is 0 Å². The quantitative estimate of drug-likeness (QED) is 0.855. The molecule has 5 nitrogen and oxygen atoms in total. The number of para-hydroxylation sites is 2. The third kappa shape index (κ3) is 2.46. The molecule has 1 aliphatic carbocycles. The van der Waals surface area contributed by atoms with Gasteiger partial charge < -0.3 is 15.0 Å². The van der Waals surface area contributed by atoms with E-state index in [2.05, 4.69) is 10.3 Å². The summed E-state index contributed by atoms with van der Waals surface area (Å²) in [5, 5.41) is 12.5. The van der Waals surface area contributed by atoms with Crippen molar-refractivity contribution in [1.29, 1.82) is 0 Å². The minimum absolute atomic E-state index is 0.371. The van der Waals surface area contributed by atoms with Crippen LogP contribution in [0.2, 0.25) is 0 Å². The number of imidazole rings is 1. The highest BCUT2D eigenvalue weighted by atomic mass is 16.4. The number of hydrogen-bond acceptors (Lipinski definition) is 3. The Labute approximate surface area is 111 Å². The smallest absolute Gasteiger partial charge is 0.322 e. The first kappa shape index (κ1) is 12.2. The largest absolute Gasteiger partial charge is 0.480 e. The highest BCUT2D eigenvalue weighted by Crippen LogP contribution is 2.21. The van der Waals surface area contributed by atoms with Crippen molar-refractivity contribution >= 4 is 17.0 Å². The van der Waals surface area contributed by atoms with Crippen LogP contribution in [0, 0.1) is 6.92 Å². The van der Waals surface area contributed by atoms with Crippen molar-refractivity contribution in [1.82, 2.24) is 14.9 Å². The number of hydrogen-bond donors (Lipinski definition) is 2. The Balaban J connectivity index is 1.89.